The number of fused-ring (bicyclic) bond motifs is 3. The average Bonchev–Trinajstić information content (AvgIpc) is 2.94. The summed E-state index contributed by atoms with van der Waals surface area (Å²) >= 11 is 1.54. The lowest BCUT2D eigenvalue weighted by molar-refractivity contribution is 0.215. The van der Waals surface area contributed by atoms with Gasteiger partial charge in [-0.3, -0.25) is 0 Å². The Kier molecular flexibility index (Phi) is 6.69. The van der Waals surface area contributed by atoms with Gasteiger partial charge in [-0.05, 0) is 30.4 Å². The van der Waals surface area contributed by atoms with Gasteiger partial charge in [0, 0.05) is 11.3 Å². The monoisotopic (exact) mass is 422 g/mol. The lowest BCUT2D eigenvalue weighted by Gasteiger charge is -2.22. The highest BCUT2D eigenvalue weighted by Gasteiger charge is 2.27. The number of anilines is 1. The van der Waals surface area contributed by atoms with Gasteiger partial charge in [0.2, 0.25) is 17.3 Å². The Balaban J connectivity index is 1.70. The number of unbranched alkanes of at least 4 members (excludes halogenated alkanes) is 2. The van der Waals surface area contributed by atoms with E-state index in [1.807, 2.05) is 48.5 Å². The summed E-state index contributed by atoms with van der Waals surface area (Å²) < 4.78 is 12.5. The van der Waals surface area contributed by atoms with Crippen molar-refractivity contribution in [2.75, 3.05) is 17.7 Å². The van der Waals surface area contributed by atoms with Crippen LogP contribution in [0.1, 0.15) is 44.9 Å². The highest BCUT2D eigenvalue weighted by molar-refractivity contribution is 7.99. The highest BCUT2D eigenvalue weighted by atomic mass is 32.2. The van der Waals surface area contributed by atoms with Crippen LogP contribution in [0, 0.1) is 0 Å². The van der Waals surface area contributed by atoms with E-state index < -0.39 is 6.23 Å². The van der Waals surface area contributed by atoms with Gasteiger partial charge in [0.1, 0.15) is 5.75 Å². The summed E-state index contributed by atoms with van der Waals surface area (Å²) in [5.74, 6) is 2.16. The molecule has 0 saturated carbocycles. The minimum Gasteiger partial charge on any atom is -0.493 e. The molecule has 3 aromatic rings. The molecule has 2 heterocycles. The molecule has 0 amide bonds. The van der Waals surface area contributed by atoms with Crippen LogP contribution in [0.15, 0.2) is 53.7 Å². The van der Waals surface area contributed by atoms with Gasteiger partial charge < -0.3 is 14.8 Å². The summed E-state index contributed by atoms with van der Waals surface area (Å²) in [5.41, 5.74) is 3.42. The summed E-state index contributed by atoms with van der Waals surface area (Å²) in [6.07, 6.45) is 2.90. The summed E-state index contributed by atoms with van der Waals surface area (Å²) in [5, 5.41) is 12.8. The highest BCUT2D eigenvalue weighted by Crippen LogP contribution is 2.41. The molecule has 156 valence electrons. The number of hydrogen-bond acceptors (Lipinski definition) is 7. The van der Waals surface area contributed by atoms with Gasteiger partial charge in [0.15, 0.2) is 5.69 Å². The predicted molar refractivity (Wildman–Crippen MR) is 120 cm³/mol. The van der Waals surface area contributed by atoms with Crippen molar-refractivity contribution in [3.63, 3.8) is 0 Å². The fourth-order valence-corrected chi connectivity index (χ4v) is 3.85. The minimum atomic E-state index is -0.453. The average molecular weight is 423 g/mol. The zero-order valence-electron chi connectivity index (χ0n) is 17.3. The summed E-state index contributed by atoms with van der Waals surface area (Å²) in [4.78, 5) is 4.64. The topological polar surface area (TPSA) is 69.2 Å². The number of nitrogens with zero attached hydrogens (tertiary/aromatic N) is 3. The molecule has 4 rings (SSSR count). The Bertz CT molecular complexity index is 998. The van der Waals surface area contributed by atoms with Crippen LogP contribution in [-0.4, -0.2) is 27.5 Å². The Labute approximate surface area is 181 Å². The molecule has 1 aromatic heterocycles. The SMILES string of the molecule is CCCCCOc1ccccc1[C@@H]1Nc2ccccc2-c2nnc(SCC)nc2O1. The zero-order chi connectivity index (χ0) is 20.8. The van der Waals surface area contributed by atoms with Gasteiger partial charge in [-0.25, -0.2) is 0 Å². The number of benzene rings is 2. The van der Waals surface area contributed by atoms with Crippen molar-refractivity contribution in [3.8, 4) is 22.9 Å². The van der Waals surface area contributed by atoms with E-state index in [0.29, 0.717) is 23.3 Å². The first kappa shape index (κ1) is 20.5. The van der Waals surface area contributed by atoms with Gasteiger partial charge >= 0.3 is 0 Å². The maximum atomic E-state index is 6.36. The van der Waals surface area contributed by atoms with Crippen molar-refractivity contribution in [3.05, 3.63) is 54.1 Å². The Morgan fingerprint density at radius 2 is 1.87 bits per heavy atom. The molecule has 0 radical (unpaired) electrons. The van der Waals surface area contributed by atoms with Gasteiger partial charge in [-0.2, -0.15) is 4.98 Å². The van der Waals surface area contributed by atoms with E-state index in [2.05, 4.69) is 34.3 Å². The van der Waals surface area contributed by atoms with E-state index >= 15 is 0 Å². The summed E-state index contributed by atoms with van der Waals surface area (Å²) in [7, 11) is 0. The second-order valence-corrected chi connectivity index (χ2v) is 8.19. The lowest BCUT2D eigenvalue weighted by atomic mass is 10.1. The van der Waals surface area contributed by atoms with Crippen LogP contribution >= 0.6 is 11.8 Å². The minimum absolute atomic E-state index is 0.453. The number of ether oxygens (including phenoxy) is 2. The molecular weight excluding hydrogens is 396 g/mol. The van der Waals surface area contributed by atoms with Crippen LogP contribution < -0.4 is 14.8 Å². The molecule has 0 aliphatic carbocycles. The molecule has 1 N–H and O–H groups in total. The van der Waals surface area contributed by atoms with Crippen molar-refractivity contribution < 1.29 is 9.47 Å². The van der Waals surface area contributed by atoms with E-state index in [0.717, 1.165) is 47.6 Å². The second-order valence-electron chi connectivity index (χ2n) is 6.96. The smallest absolute Gasteiger partial charge is 0.247 e. The molecule has 6 nitrogen and oxygen atoms in total. The number of para-hydroxylation sites is 2. The molecule has 0 unspecified atom stereocenters. The van der Waals surface area contributed by atoms with Gasteiger partial charge in [0.05, 0.1) is 12.2 Å². The molecule has 0 spiro atoms. The Morgan fingerprint density at radius 1 is 1.03 bits per heavy atom. The second kappa shape index (κ2) is 9.80. The molecule has 0 fully saturated rings. The van der Waals surface area contributed by atoms with Crippen LogP contribution in [0.4, 0.5) is 5.69 Å². The number of hydrogen-bond donors (Lipinski definition) is 1. The zero-order valence-corrected chi connectivity index (χ0v) is 18.1. The molecule has 0 bridgehead atoms. The fourth-order valence-electron chi connectivity index (χ4n) is 3.34. The normalized spacial score (nSPS) is 14.7. The van der Waals surface area contributed by atoms with Crippen molar-refractivity contribution in [1.29, 1.82) is 0 Å². The van der Waals surface area contributed by atoms with E-state index in [9.17, 15) is 0 Å². The van der Waals surface area contributed by atoms with Crippen LogP contribution in [-0.2, 0) is 0 Å². The van der Waals surface area contributed by atoms with Crippen LogP contribution in [0.3, 0.4) is 0 Å². The standard InChI is InChI=1S/C23H26N4O2S/c1-3-5-10-15-28-19-14-9-7-12-17(19)21-24-18-13-8-6-11-16(18)20-22(29-21)25-23(27-26-20)30-4-2/h6-9,11-14,21,24H,3-5,10,15H2,1-2H3/t21-/m1/s1. The van der Waals surface area contributed by atoms with Crippen molar-refractivity contribution >= 4 is 17.4 Å². The first-order valence-corrected chi connectivity index (χ1v) is 11.4. The van der Waals surface area contributed by atoms with Crippen molar-refractivity contribution in [2.45, 2.75) is 44.5 Å². The Morgan fingerprint density at radius 3 is 2.73 bits per heavy atom. The molecule has 1 aliphatic rings. The van der Waals surface area contributed by atoms with Gasteiger partial charge in [-0.1, -0.05) is 68.8 Å². The molecule has 1 atom stereocenters. The third kappa shape index (κ3) is 4.51. The number of thioether (sulfide) groups is 1. The summed E-state index contributed by atoms with van der Waals surface area (Å²) in [6, 6.07) is 16.0. The molecular formula is C23H26N4O2S. The third-order valence-corrected chi connectivity index (χ3v) is 5.53. The fraction of sp³-hybridized carbons (Fsp3) is 0.348. The number of nitrogens with one attached hydrogen (secondary N) is 1. The Hall–Kier alpha value is -2.80. The third-order valence-electron chi connectivity index (χ3n) is 4.81. The number of rotatable bonds is 8. The quantitative estimate of drug-likeness (QED) is 0.367. The summed E-state index contributed by atoms with van der Waals surface area (Å²) in [6.45, 7) is 4.94. The van der Waals surface area contributed by atoms with Crippen molar-refractivity contribution in [2.24, 2.45) is 0 Å². The van der Waals surface area contributed by atoms with Gasteiger partial charge in [0.25, 0.3) is 0 Å². The van der Waals surface area contributed by atoms with E-state index in [4.69, 9.17) is 9.47 Å². The largest absolute Gasteiger partial charge is 0.493 e. The number of aromatic nitrogens is 3. The lowest BCUT2D eigenvalue weighted by Crippen LogP contribution is -2.18. The first-order valence-electron chi connectivity index (χ1n) is 10.4. The van der Waals surface area contributed by atoms with E-state index in [-0.39, 0.29) is 0 Å². The maximum Gasteiger partial charge on any atom is 0.247 e. The first-order chi connectivity index (χ1) is 14.8. The maximum absolute atomic E-state index is 6.36. The molecule has 30 heavy (non-hydrogen) atoms. The molecule has 2 aromatic carbocycles. The van der Waals surface area contributed by atoms with Crippen molar-refractivity contribution in [1.82, 2.24) is 15.2 Å². The van der Waals surface area contributed by atoms with Crippen LogP contribution in [0.25, 0.3) is 11.3 Å². The molecule has 0 saturated heterocycles. The van der Waals surface area contributed by atoms with Crippen LogP contribution in [0.5, 0.6) is 11.6 Å². The van der Waals surface area contributed by atoms with Crippen LogP contribution in [0.2, 0.25) is 0 Å². The van der Waals surface area contributed by atoms with Gasteiger partial charge in [-0.15, -0.1) is 10.2 Å². The molecule has 7 heteroatoms. The predicted octanol–water partition coefficient (Wildman–Crippen LogP) is 5.72. The van der Waals surface area contributed by atoms with E-state index in [1.54, 1.807) is 11.8 Å². The molecule has 1 aliphatic heterocycles. The van der Waals surface area contributed by atoms with E-state index in [1.165, 1.54) is 0 Å².